The molecular weight excluding hydrogens is 126 g/mol. The van der Waals surface area contributed by atoms with Gasteiger partial charge in [-0.2, -0.15) is 0 Å². The van der Waals surface area contributed by atoms with E-state index in [1.807, 2.05) is 0 Å². The highest BCUT2D eigenvalue weighted by atomic mass is 16.1. The zero-order valence-electron chi connectivity index (χ0n) is 6.42. The number of carbonyl (C=O) groups excluding carboxylic acids is 1. The molecule has 3 atom stereocenters. The van der Waals surface area contributed by atoms with Crippen molar-refractivity contribution in [2.75, 3.05) is 0 Å². The predicted molar refractivity (Wildman–Crippen MR) is 40.5 cm³/mol. The van der Waals surface area contributed by atoms with Gasteiger partial charge in [-0.25, -0.2) is 0 Å². The van der Waals surface area contributed by atoms with Crippen LogP contribution in [0.2, 0.25) is 0 Å². The Hall–Kier alpha value is -0.370. The molecular formula is C8H15NO. The van der Waals surface area contributed by atoms with Gasteiger partial charge in [0.15, 0.2) is 0 Å². The molecule has 10 heavy (non-hydrogen) atoms. The number of hydrogen-bond acceptors (Lipinski definition) is 2. The third-order valence-electron chi connectivity index (χ3n) is 2.49. The summed E-state index contributed by atoms with van der Waals surface area (Å²) >= 11 is 0. The molecule has 0 heterocycles. The minimum Gasteiger partial charge on any atom is -0.327 e. The van der Waals surface area contributed by atoms with E-state index in [4.69, 9.17) is 5.73 Å². The van der Waals surface area contributed by atoms with Crippen molar-refractivity contribution in [3.8, 4) is 0 Å². The SMILES string of the molecule is C[C@H]1CC[C@@H](C=O)CC1N. The maximum absolute atomic E-state index is 10.4. The van der Waals surface area contributed by atoms with Crippen LogP contribution >= 0.6 is 0 Å². The Morgan fingerprint density at radius 1 is 1.50 bits per heavy atom. The molecule has 0 aliphatic heterocycles. The lowest BCUT2D eigenvalue weighted by atomic mass is 9.80. The van der Waals surface area contributed by atoms with Crippen molar-refractivity contribution < 1.29 is 4.79 Å². The van der Waals surface area contributed by atoms with Crippen molar-refractivity contribution in [3.05, 3.63) is 0 Å². The van der Waals surface area contributed by atoms with Crippen LogP contribution in [-0.4, -0.2) is 12.3 Å². The Kier molecular flexibility index (Phi) is 2.44. The molecule has 0 aromatic carbocycles. The first-order chi connectivity index (χ1) is 4.74. The summed E-state index contributed by atoms with van der Waals surface area (Å²) < 4.78 is 0. The van der Waals surface area contributed by atoms with Gasteiger partial charge in [0.2, 0.25) is 0 Å². The van der Waals surface area contributed by atoms with Crippen LogP contribution in [0.25, 0.3) is 0 Å². The van der Waals surface area contributed by atoms with E-state index in [2.05, 4.69) is 6.92 Å². The normalized spacial score (nSPS) is 41.2. The van der Waals surface area contributed by atoms with Gasteiger partial charge < -0.3 is 10.5 Å². The molecule has 1 fully saturated rings. The van der Waals surface area contributed by atoms with Crippen LogP contribution in [-0.2, 0) is 4.79 Å². The maximum Gasteiger partial charge on any atom is 0.123 e. The van der Waals surface area contributed by atoms with Gasteiger partial charge in [0.25, 0.3) is 0 Å². The van der Waals surface area contributed by atoms with Crippen LogP contribution < -0.4 is 5.73 Å². The molecule has 1 aliphatic carbocycles. The third kappa shape index (κ3) is 1.57. The smallest absolute Gasteiger partial charge is 0.123 e. The molecule has 0 amide bonds. The summed E-state index contributed by atoms with van der Waals surface area (Å²) in [5, 5.41) is 0. The zero-order valence-corrected chi connectivity index (χ0v) is 6.42. The molecule has 1 aliphatic rings. The Morgan fingerprint density at radius 2 is 2.20 bits per heavy atom. The quantitative estimate of drug-likeness (QED) is 0.552. The number of nitrogens with two attached hydrogens (primary N) is 1. The van der Waals surface area contributed by atoms with Crippen LogP contribution in [0.1, 0.15) is 26.2 Å². The van der Waals surface area contributed by atoms with Crippen molar-refractivity contribution in [3.63, 3.8) is 0 Å². The molecule has 0 radical (unpaired) electrons. The second kappa shape index (κ2) is 3.15. The molecule has 2 heteroatoms. The first kappa shape index (κ1) is 7.73. The zero-order chi connectivity index (χ0) is 7.56. The Bertz CT molecular complexity index is 124. The van der Waals surface area contributed by atoms with E-state index < -0.39 is 0 Å². The van der Waals surface area contributed by atoms with Crippen molar-refractivity contribution in [1.82, 2.24) is 0 Å². The summed E-state index contributed by atoms with van der Waals surface area (Å²) in [6.45, 7) is 2.16. The van der Waals surface area contributed by atoms with Crippen molar-refractivity contribution in [1.29, 1.82) is 0 Å². The van der Waals surface area contributed by atoms with E-state index in [-0.39, 0.29) is 12.0 Å². The van der Waals surface area contributed by atoms with Crippen molar-refractivity contribution >= 4 is 6.29 Å². The summed E-state index contributed by atoms with van der Waals surface area (Å²) in [5.74, 6) is 0.849. The van der Waals surface area contributed by atoms with Crippen LogP contribution in [0.4, 0.5) is 0 Å². The summed E-state index contributed by atoms with van der Waals surface area (Å²) in [6, 6.07) is 0.254. The highest BCUT2D eigenvalue weighted by Gasteiger charge is 2.23. The van der Waals surface area contributed by atoms with Gasteiger partial charge in [-0.05, 0) is 25.2 Å². The fourth-order valence-corrected chi connectivity index (χ4v) is 1.51. The van der Waals surface area contributed by atoms with Gasteiger partial charge >= 0.3 is 0 Å². The summed E-state index contributed by atoms with van der Waals surface area (Å²) in [7, 11) is 0. The fraction of sp³-hybridized carbons (Fsp3) is 0.875. The molecule has 1 unspecified atom stereocenters. The number of aldehydes is 1. The molecule has 2 N–H and O–H groups in total. The Balaban J connectivity index is 2.40. The predicted octanol–water partition coefficient (Wildman–Crippen LogP) is 0.949. The maximum atomic E-state index is 10.4. The van der Waals surface area contributed by atoms with E-state index in [0.717, 1.165) is 25.5 Å². The monoisotopic (exact) mass is 141 g/mol. The van der Waals surface area contributed by atoms with Gasteiger partial charge in [0.05, 0.1) is 0 Å². The van der Waals surface area contributed by atoms with E-state index in [1.165, 1.54) is 0 Å². The third-order valence-corrected chi connectivity index (χ3v) is 2.49. The van der Waals surface area contributed by atoms with E-state index in [9.17, 15) is 4.79 Å². The standard InChI is InChI=1S/C8H15NO/c1-6-2-3-7(5-10)4-8(6)9/h5-8H,2-4,9H2,1H3/t6-,7+,8?/m0/s1. The summed E-state index contributed by atoms with van der Waals surface area (Å²) in [4.78, 5) is 10.4. The van der Waals surface area contributed by atoms with E-state index >= 15 is 0 Å². The van der Waals surface area contributed by atoms with Gasteiger partial charge in [0, 0.05) is 12.0 Å². The Labute approximate surface area is 61.8 Å². The highest BCUT2D eigenvalue weighted by Crippen LogP contribution is 2.25. The van der Waals surface area contributed by atoms with Crippen LogP contribution in [0, 0.1) is 11.8 Å². The second-order valence-corrected chi connectivity index (χ2v) is 3.35. The van der Waals surface area contributed by atoms with E-state index in [0.29, 0.717) is 5.92 Å². The summed E-state index contributed by atoms with van der Waals surface area (Å²) in [5.41, 5.74) is 5.79. The second-order valence-electron chi connectivity index (χ2n) is 3.35. The lowest BCUT2D eigenvalue weighted by Crippen LogP contribution is -2.35. The molecule has 0 bridgehead atoms. The van der Waals surface area contributed by atoms with Crippen molar-refractivity contribution in [2.45, 2.75) is 32.2 Å². The van der Waals surface area contributed by atoms with Gasteiger partial charge in [-0.1, -0.05) is 6.92 Å². The molecule has 1 rings (SSSR count). The molecule has 0 aromatic rings. The van der Waals surface area contributed by atoms with Gasteiger partial charge in [0.1, 0.15) is 6.29 Å². The number of carbonyl (C=O) groups is 1. The average Bonchev–Trinajstić information content (AvgIpc) is 1.95. The first-order valence-corrected chi connectivity index (χ1v) is 3.95. The molecule has 0 saturated heterocycles. The first-order valence-electron chi connectivity index (χ1n) is 3.95. The molecule has 2 nitrogen and oxygen atoms in total. The molecule has 0 spiro atoms. The van der Waals surface area contributed by atoms with Gasteiger partial charge in [-0.15, -0.1) is 0 Å². The lowest BCUT2D eigenvalue weighted by molar-refractivity contribution is -0.112. The molecule has 0 aromatic heterocycles. The average molecular weight is 141 g/mol. The topological polar surface area (TPSA) is 43.1 Å². The minimum absolute atomic E-state index is 0.242. The Morgan fingerprint density at radius 3 is 2.70 bits per heavy atom. The highest BCUT2D eigenvalue weighted by molar-refractivity contribution is 5.53. The van der Waals surface area contributed by atoms with Crippen LogP contribution in [0.15, 0.2) is 0 Å². The van der Waals surface area contributed by atoms with E-state index in [1.54, 1.807) is 0 Å². The summed E-state index contributed by atoms with van der Waals surface area (Å²) in [6.07, 6.45) is 4.10. The number of rotatable bonds is 1. The lowest BCUT2D eigenvalue weighted by Gasteiger charge is -2.28. The number of hydrogen-bond donors (Lipinski definition) is 1. The largest absolute Gasteiger partial charge is 0.327 e. The molecule has 58 valence electrons. The minimum atomic E-state index is 0.242. The van der Waals surface area contributed by atoms with Gasteiger partial charge in [-0.3, -0.25) is 0 Å². The fourth-order valence-electron chi connectivity index (χ4n) is 1.51. The van der Waals surface area contributed by atoms with Crippen molar-refractivity contribution in [2.24, 2.45) is 17.6 Å². The molecule has 1 saturated carbocycles. The van der Waals surface area contributed by atoms with Crippen LogP contribution in [0.3, 0.4) is 0 Å². The van der Waals surface area contributed by atoms with Crippen LogP contribution in [0.5, 0.6) is 0 Å².